The van der Waals surface area contributed by atoms with Crippen LogP contribution in [-0.4, -0.2) is 24.1 Å². The maximum Gasteiger partial charge on any atom is 0.0890 e. The Balaban J connectivity index is 1.75. The maximum atomic E-state index is 4.61. The van der Waals surface area contributed by atoms with Crippen LogP contribution >= 0.6 is 0 Å². The van der Waals surface area contributed by atoms with E-state index < -0.39 is 0 Å². The van der Waals surface area contributed by atoms with Crippen LogP contribution in [0.15, 0.2) is 54.7 Å². The van der Waals surface area contributed by atoms with E-state index in [2.05, 4.69) is 38.4 Å². The Morgan fingerprint density at radius 1 is 1.00 bits per heavy atom. The van der Waals surface area contributed by atoms with Gasteiger partial charge in [0.05, 0.1) is 29.5 Å². The minimum absolute atomic E-state index is 0.661. The van der Waals surface area contributed by atoms with Gasteiger partial charge in [0.2, 0.25) is 0 Å². The first-order chi connectivity index (χ1) is 10.2. The fourth-order valence-electron chi connectivity index (χ4n) is 2.17. The number of benzene rings is 2. The number of rotatable bonds is 4. The zero-order valence-corrected chi connectivity index (χ0v) is 12.2. The Morgan fingerprint density at radius 3 is 2.62 bits per heavy atom. The molecule has 0 saturated carbocycles. The zero-order chi connectivity index (χ0) is 14.7. The second-order valence-electron chi connectivity index (χ2n) is 5.15. The van der Waals surface area contributed by atoms with Crippen molar-refractivity contribution < 1.29 is 0 Å². The number of anilines is 2. The van der Waals surface area contributed by atoms with E-state index in [1.165, 1.54) is 5.69 Å². The van der Waals surface area contributed by atoms with Gasteiger partial charge in [-0.1, -0.05) is 18.2 Å². The van der Waals surface area contributed by atoms with Crippen LogP contribution < -0.4 is 10.2 Å². The number of hydrogen-bond donors (Lipinski definition) is 1. The molecule has 21 heavy (non-hydrogen) atoms. The Hall–Kier alpha value is -2.62. The van der Waals surface area contributed by atoms with E-state index in [9.17, 15) is 0 Å². The SMILES string of the molecule is CN(C)c1cccc(NCc2cnc3ccccc3n2)c1. The summed E-state index contributed by atoms with van der Waals surface area (Å²) >= 11 is 0. The number of fused-ring (bicyclic) bond motifs is 1. The van der Waals surface area contributed by atoms with Crippen LogP contribution in [0.3, 0.4) is 0 Å². The van der Waals surface area contributed by atoms with Crippen LogP contribution in [0.5, 0.6) is 0 Å². The third kappa shape index (κ3) is 3.11. The monoisotopic (exact) mass is 278 g/mol. The number of aromatic nitrogens is 2. The Morgan fingerprint density at radius 2 is 1.81 bits per heavy atom. The normalized spacial score (nSPS) is 10.6. The molecule has 0 aliphatic carbocycles. The van der Waals surface area contributed by atoms with Gasteiger partial charge in [-0.2, -0.15) is 0 Å². The van der Waals surface area contributed by atoms with Crippen molar-refractivity contribution in [2.45, 2.75) is 6.54 Å². The molecule has 1 N–H and O–H groups in total. The largest absolute Gasteiger partial charge is 0.379 e. The molecule has 3 aromatic rings. The van der Waals surface area contributed by atoms with E-state index in [4.69, 9.17) is 0 Å². The van der Waals surface area contributed by atoms with Crippen molar-refractivity contribution in [3.8, 4) is 0 Å². The predicted octanol–water partition coefficient (Wildman–Crippen LogP) is 3.31. The lowest BCUT2D eigenvalue weighted by Crippen LogP contribution is -2.09. The summed E-state index contributed by atoms with van der Waals surface area (Å²) in [6, 6.07) is 16.2. The van der Waals surface area contributed by atoms with Gasteiger partial charge in [0.15, 0.2) is 0 Å². The van der Waals surface area contributed by atoms with Gasteiger partial charge >= 0.3 is 0 Å². The molecule has 1 aromatic heterocycles. The molecule has 0 bridgehead atoms. The van der Waals surface area contributed by atoms with E-state index in [-0.39, 0.29) is 0 Å². The molecule has 0 unspecified atom stereocenters. The molecule has 4 heteroatoms. The number of nitrogens with one attached hydrogen (secondary N) is 1. The van der Waals surface area contributed by atoms with E-state index in [0.29, 0.717) is 6.54 Å². The number of nitrogens with zero attached hydrogens (tertiary/aromatic N) is 3. The molecule has 0 atom stereocenters. The maximum absolute atomic E-state index is 4.61. The van der Waals surface area contributed by atoms with Crippen molar-refractivity contribution in [1.82, 2.24) is 9.97 Å². The summed E-state index contributed by atoms with van der Waals surface area (Å²) in [5.41, 5.74) is 5.04. The minimum atomic E-state index is 0.661. The van der Waals surface area contributed by atoms with E-state index in [1.54, 1.807) is 0 Å². The molecule has 1 heterocycles. The molecule has 0 spiro atoms. The molecule has 0 saturated heterocycles. The molecular weight excluding hydrogens is 260 g/mol. The molecular formula is C17H18N4. The second kappa shape index (κ2) is 5.79. The van der Waals surface area contributed by atoms with Crippen LogP contribution in [-0.2, 0) is 6.54 Å². The van der Waals surface area contributed by atoms with Gasteiger partial charge < -0.3 is 10.2 Å². The topological polar surface area (TPSA) is 41.0 Å². The zero-order valence-electron chi connectivity index (χ0n) is 12.2. The predicted molar refractivity (Wildman–Crippen MR) is 87.6 cm³/mol. The first-order valence-electron chi connectivity index (χ1n) is 6.94. The highest BCUT2D eigenvalue weighted by molar-refractivity contribution is 5.73. The van der Waals surface area contributed by atoms with Crippen molar-refractivity contribution in [3.05, 3.63) is 60.4 Å². The molecule has 0 fully saturated rings. The summed E-state index contributed by atoms with van der Waals surface area (Å²) in [6.45, 7) is 0.661. The number of hydrogen-bond acceptors (Lipinski definition) is 4. The Labute approximate surface area is 124 Å². The summed E-state index contributed by atoms with van der Waals surface area (Å²) < 4.78 is 0. The fraction of sp³-hybridized carbons (Fsp3) is 0.176. The highest BCUT2D eigenvalue weighted by atomic mass is 15.1. The van der Waals surface area contributed by atoms with Gasteiger partial charge in [-0.3, -0.25) is 4.98 Å². The molecule has 2 aromatic carbocycles. The first-order valence-corrected chi connectivity index (χ1v) is 6.94. The lowest BCUT2D eigenvalue weighted by atomic mass is 10.2. The highest BCUT2D eigenvalue weighted by Crippen LogP contribution is 2.18. The van der Waals surface area contributed by atoms with E-state index in [0.717, 1.165) is 22.4 Å². The summed E-state index contributed by atoms with van der Waals surface area (Å²) in [5.74, 6) is 0. The molecule has 0 aliphatic rings. The third-order valence-electron chi connectivity index (χ3n) is 3.33. The molecule has 0 radical (unpaired) electrons. The quantitative estimate of drug-likeness (QED) is 0.795. The summed E-state index contributed by atoms with van der Waals surface area (Å²) in [7, 11) is 4.07. The van der Waals surface area contributed by atoms with Crippen LogP contribution in [0.2, 0.25) is 0 Å². The summed E-state index contributed by atoms with van der Waals surface area (Å²) in [6.07, 6.45) is 1.82. The van der Waals surface area contributed by atoms with Crippen molar-refractivity contribution in [2.24, 2.45) is 0 Å². The molecule has 4 nitrogen and oxygen atoms in total. The average Bonchev–Trinajstić information content (AvgIpc) is 2.53. The Bertz CT molecular complexity index is 752. The number of para-hydroxylation sites is 2. The van der Waals surface area contributed by atoms with Crippen molar-refractivity contribution in [3.63, 3.8) is 0 Å². The van der Waals surface area contributed by atoms with Crippen LogP contribution in [0.25, 0.3) is 11.0 Å². The summed E-state index contributed by atoms with van der Waals surface area (Å²) in [5, 5.41) is 3.39. The van der Waals surface area contributed by atoms with Crippen molar-refractivity contribution in [1.29, 1.82) is 0 Å². The lowest BCUT2D eigenvalue weighted by Gasteiger charge is -2.14. The summed E-state index contributed by atoms with van der Waals surface area (Å²) in [4.78, 5) is 11.1. The molecule has 106 valence electrons. The fourth-order valence-corrected chi connectivity index (χ4v) is 2.17. The highest BCUT2D eigenvalue weighted by Gasteiger charge is 2.01. The van der Waals surface area contributed by atoms with Gasteiger partial charge in [-0.05, 0) is 30.3 Å². The van der Waals surface area contributed by atoms with Crippen LogP contribution in [0, 0.1) is 0 Å². The van der Waals surface area contributed by atoms with E-state index >= 15 is 0 Å². The standard InChI is InChI=1S/C17H18N4/c1-21(2)15-7-5-6-13(10-15)18-11-14-12-19-16-8-3-4-9-17(16)20-14/h3-10,12,18H,11H2,1-2H3. The van der Waals surface area contributed by atoms with Crippen LogP contribution in [0.4, 0.5) is 11.4 Å². The van der Waals surface area contributed by atoms with Gasteiger partial charge in [0.25, 0.3) is 0 Å². The first kappa shape index (κ1) is 13.4. The van der Waals surface area contributed by atoms with Gasteiger partial charge in [-0.25, -0.2) is 4.98 Å². The average molecular weight is 278 g/mol. The molecule has 3 rings (SSSR count). The van der Waals surface area contributed by atoms with Gasteiger partial charge in [-0.15, -0.1) is 0 Å². The van der Waals surface area contributed by atoms with Gasteiger partial charge in [0, 0.05) is 25.5 Å². The van der Waals surface area contributed by atoms with Crippen molar-refractivity contribution >= 4 is 22.4 Å². The smallest absolute Gasteiger partial charge is 0.0890 e. The third-order valence-corrected chi connectivity index (χ3v) is 3.33. The van der Waals surface area contributed by atoms with Gasteiger partial charge in [0.1, 0.15) is 0 Å². The Kier molecular flexibility index (Phi) is 3.69. The molecule has 0 amide bonds. The van der Waals surface area contributed by atoms with E-state index in [1.807, 2.05) is 50.6 Å². The molecule has 0 aliphatic heterocycles. The lowest BCUT2D eigenvalue weighted by molar-refractivity contribution is 1.04. The van der Waals surface area contributed by atoms with Crippen molar-refractivity contribution in [2.75, 3.05) is 24.3 Å². The second-order valence-corrected chi connectivity index (χ2v) is 5.15. The minimum Gasteiger partial charge on any atom is -0.379 e. The van der Waals surface area contributed by atoms with Crippen LogP contribution in [0.1, 0.15) is 5.69 Å².